The molecule has 0 aliphatic heterocycles. The summed E-state index contributed by atoms with van der Waals surface area (Å²) in [4.78, 5) is 4.90. The van der Waals surface area contributed by atoms with E-state index in [9.17, 15) is 0 Å². The summed E-state index contributed by atoms with van der Waals surface area (Å²) in [6.07, 6.45) is 6.67. The van der Waals surface area contributed by atoms with E-state index in [4.69, 9.17) is 4.98 Å². The fourth-order valence-electron chi connectivity index (χ4n) is 4.08. The van der Waals surface area contributed by atoms with Crippen molar-refractivity contribution in [3.63, 3.8) is 0 Å². The van der Waals surface area contributed by atoms with Crippen LogP contribution in [-0.4, -0.2) is 4.98 Å². The first-order valence-electron chi connectivity index (χ1n) is 9.02. The molecule has 0 saturated heterocycles. The third-order valence-corrected chi connectivity index (χ3v) is 5.19. The maximum absolute atomic E-state index is 4.90. The number of hydrogen-bond donors (Lipinski definition) is 0. The number of aryl methyl sites for hydroxylation is 2. The van der Waals surface area contributed by atoms with E-state index in [-0.39, 0.29) is 0 Å². The molecule has 2 aromatic carbocycles. The first kappa shape index (κ1) is 15.2. The van der Waals surface area contributed by atoms with Crippen LogP contribution in [0.15, 0.2) is 36.4 Å². The van der Waals surface area contributed by atoms with Crippen molar-refractivity contribution in [1.82, 2.24) is 4.98 Å². The normalized spacial score (nSPS) is 15.4. The summed E-state index contributed by atoms with van der Waals surface area (Å²) in [7, 11) is 0. The fourth-order valence-corrected chi connectivity index (χ4v) is 4.08. The van der Waals surface area contributed by atoms with Gasteiger partial charge in [-0.3, -0.25) is 0 Å². The number of rotatable bonds is 2. The molecular formula is C23H23N. The number of nitrogens with zero attached hydrogens (tertiary/aromatic N) is 1. The Labute approximate surface area is 144 Å². The second kappa shape index (κ2) is 6.29. The predicted molar refractivity (Wildman–Crippen MR) is 100 cm³/mol. The molecule has 0 radical (unpaired) electrons. The Kier molecular flexibility index (Phi) is 3.98. The van der Waals surface area contributed by atoms with Gasteiger partial charge < -0.3 is 0 Å². The van der Waals surface area contributed by atoms with E-state index in [0.29, 0.717) is 5.92 Å². The number of fused-ring (bicyclic) bond motifs is 1. The third-order valence-electron chi connectivity index (χ3n) is 5.19. The van der Waals surface area contributed by atoms with E-state index >= 15 is 0 Å². The molecule has 1 nitrogen and oxygen atoms in total. The lowest BCUT2D eigenvalue weighted by Crippen LogP contribution is -2.05. The van der Waals surface area contributed by atoms with Gasteiger partial charge in [0, 0.05) is 10.9 Å². The van der Waals surface area contributed by atoms with Crippen molar-refractivity contribution in [2.75, 3.05) is 0 Å². The third kappa shape index (κ3) is 2.89. The molecule has 0 bridgehead atoms. The molecule has 0 atom stereocenters. The lowest BCUT2D eigenvalue weighted by atomic mass is 9.83. The van der Waals surface area contributed by atoms with Gasteiger partial charge in [-0.2, -0.15) is 0 Å². The van der Waals surface area contributed by atoms with Gasteiger partial charge in [-0.15, -0.1) is 0 Å². The lowest BCUT2D eigenvalue weighted by molar-refractivity contribution is 0.445. The summed E-state index contributed by atoms with van der Waals surface area (Å²) < 4.78 is 0. The van der Waals surface area contributed by atoms with Crippen molar-refractivity contribution in [2.24, 2.45) is 0 Å². The van der Waals surface area contributed by atoms with Crippen molar-refractivity contribution < 1.29 is 0 Å². The van der Waals surface area contributed by atoms with Crippen molar-refractivity contribution >= 4 is 10.9 Å². The smallest absolute Gasteiger partial charge is 0.121 e. The van der Waals surface area contributed by atoms with Gasteiger partial charge in [0.25, 0.3) is 0 Å². The molecule has 0 amide bonds. The van der Waals surface area contributed by atoms with E-state index < -0.39 is 0 Å². The van der Waals surface area contributed by atoms with Crippen molar-refractivity contribution in [1.29, 1.82) is 0 Å². The number of pyridine rings is 1. The molecule has 3 aromatic rings. The zero-order valence-corrected chi connectivity index (χ0v) is 14.5. The number of aromatic nitrogens is 1. The van der Waals surface area contributed by atoms with Crippen LogP contribution in [0.2, 0.25) is 0 Å². The monoisotopic (exact) mass is 313 g/mol. The summed E-state index contributed by atoms with van der Waals surface area (Å²) in [5.74, 6) is 0.668. The van der Waals surface area contributed by atoms with Gasteiger partial charge in [0.05, 0.1) is 5.69 Å². The molecule has 1 saturated carbocycles. The highest BCUT2D eigenvalue weighted by atomic mass is 14.7. The maximum Gasteiger partial charge on any atom is 0.121 e. The van der Waals surface area contributed by atoms with Gasteiger partial charge >= 0.3 is 0 Å². The predicted octanol–water partition coefficient (Wildman–Crippen LogP) is 6.17. The van der Waals surface area contributed by atoms with Crippen LogP contribution in [0.5, 0.6) is 0 Å². The van der Waals surface area contributed by atoms with E-state index in [1.165, 1.54) is 59.7 Å². The Hall–Kier alpha value is -2.33. The molecule has 120 valence electrons. The second-order valence-corrected chi connectivity index (χ2v) is 7.17. The molecule has 1 aliphatic rings. The van der Waals surface area contributed by atoms with E-state index in [1.807, 2.05) is 0 Å². The average molecular weight is 313 g/mol. The molecule has 1 fully saturated rings. The zero-order chi connectivity index (χ0) is 16.5. The van der Waals surface area contributed by atoms with Gasteiger partial charge in [-0.05, 0) is 74.6 Å². The quantitative estimate of drug-likeness (QED) is 0.551. The minimum atomic E-state index is 0.668. The number of hydrogen-bond acceptors (Lipinski definition) is 1. The molecule has 1 aliphatic carbocycles. The molecule has 1 heteroatoms. The highest BCUT2D eigenvalue weighted by Gasteiger charge is 2.18. The van der Waals surface area contributed by atoms with Gasteiger partial charge in [0.1, 0.15) is 5.52 Å². The van der Waals surface area contributed by atoms with Gasteiger partial charge in [-0.1, -0.05) is 42.5 Å². The van der Waals surface area contributed by atoms with Crippen molar-refractivity contribution in [3.05, 3.63) is 65.2 Å². The number of benzene rings is 1. The van der Waals surface area contributed by atoms with Crippen LogP contribution in [0.25, 0.3) is 22.2 Å². The van der Waals surface area contributed by atoms with Crippen LogP contribution < -0.4 is 0 Å². The van der Waals surface area contributed by atoms with E-state index in [0.717, 1.165) is 11.2 Å². The Morgan fingerprint density at radius 1 is 0.958 bits per heavy atom. The van der Waals surface area contributed by atoms with Crippen LogP contribution in [0.1, 0.15) is 54.7 Å². The molecule has 4 rings (SSSR count). The Morgan fingerprint density at radius 2 is 1.71 bits per heavy atom. The summed E-state index contributed by atoms with van der Waals surface area (Å²) in [6.45, 7) is 4.28. The van der Waals surface area contributed by atoms with Crippen LogP contribution in [-0.2, 0) is 0 Å². The van der Waals surface area contributed by atoms with Crippen molar-refractivity contribution in [2.45, 2.75) is 51.9 Å². The summed E-state index contributed by atoms with van der Waals surface area (Å²) in [6, 6.07) is 19.6. The van der Waals surface area contributed by atoms with Gasteiger partial charge in [0.15, 0.2) is 0 Å². The SMILES string of the molecule is Cc1cc(C)cc(-c2ccc3c(C4CCCCC4)cc#cc3n2)c1. The first-order valence-corrected chi connectivity index (χ1v) is 9.02. The Morgan fingerprint density at radius 3 is 2.46 bits per heavy atom. The van der Waals surface area contributed by atoms with E-state index in [2.05, 4.69) is 62.4 Å². The zero-order valence-electron chi connectivity index (χ0n) is 14.5. The van der Waals surface area contributed by atoms with Crippen LogP contribution in [0, 0.1) is 26.0 Å². The van der Waals surface area contributed by atoms with Crippen LogP contribution in [0.4, 0.5) is 0 Å². The Balaban J connectivity index is 1.79. The maximum atomic E-state index is 4.90. The highest BCUT2D eigenvalue weighted by molar-refractivity contribution is 5.84. The van der Waals surface area contributed by atoms with Crippen molar-refractivity contribution in [3.8, 4) is 11.3 Å². The minimum absolute atomic E-state index is 0.668. The highest BCUT2D eigenvalue weighted by Crippen LogP contribution is 2.35. The van der Waals surface area contributed by atoms with E-state index in [1.54, 1.807) is 0 Å². The largest absolute Gasteiger partial charge is 0.239 e. The second-order valence-electron chi connectivity index (χ2n) is 7.17. The Bertz CT molecular complexity index is 852. The lowest BCUT2D eigenvalue weighted by Gasteiger charge is -2.22. The van der Waals surface area contributed by atoms with Gasteiger partial charge in [-0.25, -0.2) is 4.98 Å². The average Bonchev–Trinajstić information content (AvgIpc) is 2.60. The summed E-state index contributed by atoms with van der Waals surface area (Å²) in [5, 5.41) is 1.26. The molecule has 0 unspecified atom stereocenters. The topological polar surface area (TPSA) is 12.9 Å². The standard InChI is InChI=1S/C23H23N/c1-16-13-17(2)15-19(14-16)22-12-11-21-20(9-6-10-23(21)24-22)18-7-4-3-5-8-18/h9,11-15,18H,3-5,7-8H2,1-2H3. The fraction of sp³-hybridized carbons (Fsp3) is 0.348. The minimum Gasteiger partial charge on any atom is -0.239 e. The summed E-state index contributed by atoms with van der Waals surface area (Å²) >= 11 is 0. The molecule has 0 N–H and O–H groups in total. The summed E-state index contributed by atoms with van der Waals surface area (Å²) in [5.41, 5.74) is 7.14. The molecule has 1 aromatic heterocycles. The molecule has 1 heterocycles. The molecule has 24 heavy (non-hydrogen) atoms. The van der Waals surface area contributed by atoms with Gasteiger partial charge in [0.2, 0.25) is 0 Å². The van der Waals surface area contributed by atoms with Crippen LogP contribution in [0.3, 0.4) is 0 Å². The molecular weight excluding hydrogens is 290 g/mol. The van der Waals surface area contributed by atoms with Crippen LogP contribution >= 0.6 is 0 Å². The first-order chi connectivity index (χ1) is 11.7. The molecule has 0 spiro atoms.